The normalized spacial score (nSPS) is 11.7. The van der Waals surface area contributed by atoms with Gasteiger partial charge in [-0.05, 0) is 73.5 Å². The second-order valence-corrected chi connectivity index (χ2v) is 8.08. The number of nitriles is 3. The second-order valence-electron chi connectivity index (χ2n) is 7.06. The predicted octanol–water partition coefficient (Wildman–Crippen LogP) is 7.04. The lowest BCUT2D eigenvalue weighted by Gasteiger charge is -1.95. The largest absolute Gasteiger partial charge is 0.456 e. The highest BCUT2D eigenvalue weighted by Gasteiger charge is 2.18. The summed E-state index contributed by atoms with van der Waals surface area (Å²) in [5, 5.41) is 26.6. The van der Waals surface area contributed by atoms with Crippen molar-refractivity contribution in [1.82, 2.24) is 0 Å². The zero-order valence-electron chi connectivity index (χ0n) is 18.9. The van der Waals surface area contributed by atoms with Gasteiger partial charge in [0.1, 0.15) is 46.8 Å². The van der Waals surface area contributed by atoms with Crippen LogP contribution in [0.5, 0.6) is 0 Å². The Hall–Kier alpha value is -4.64. The van der Waals surface area contributed by atoms with Crippen molar-refractivity contribution in [2.24, 2.45) is 4.99 Å². The molecular formula is C27H20N4O2S. The smallest absolute Gasteiger partial charge is 0.145 e. The summed E-state index contributed by atoms with van der Waals surface area (Å²) in [5.74, 6) is 2.79. The lowest BCUT2D eigenvalue weighted by Crippen LogP contribution is -1.77. The average molecular weight is 465 g/mol. The minimum atomic E-state index is 0.0291. The maximum atomic E-state index is 9.04. The Morgan fingerprint density at radius 3 is 1.82 bits per heavy atom. The second kappa shape index (κ2) is 11.3. The van der Waals surface area contributed by atoms with Gasteiger partial charge in [-0.25, -0.2) is 0 Å². The Labute approximate surface area is 202 Å². The molecule has 0 saturated carbocycles. The highest BCUT2D eigenvalue weighted by molar-refractivity contribution is 7.19. The molecule has 0 aliphatic carbocycles. The fraction of sp³-hybridized carbons (Fsp3) is 0.111. The highest BCUT2D eigenvalue weighted by Crippen LogP contribution is 2.42. The van der Waals surface area contributed by atoms with Crippen LogP contribution in [-0.4, -0.2) is 13.3 Å². The summed E-state index contributed by atoms with van der Waals surface area (Å²) in [5.41, 5.74) is 2.70. The van der Waals surface area contributed by atoms with Crippen molar-refractivity contribution < 1.29 is 8.83 Å². The molecule has 3 rings (SSSR count). The topological polar surface area (TPSA) is 110 Å². The first kappa shape index (κ1) is 24.0. The van der Waals surface area contributed by atoms with E-state index in [0.29, 0.717) is 17.1 Å². The first-order valence-electron chi connectivity index (χ1n) is 10.2. The molecular weight excluding hydrogens is 444 g/mol. The molecule has 3 aromatic heterocycles. The third-order valence-corrected chi connectivity index (χ3v) is 6.27. The van der Waals surface area contributed by atoms with Crippen molar-refractivity contribution in [2.45, 2.75) is 13.8 Å². The lowest BCUT2D eigenvalue weighted by molar-refractivity contribution is 0.572. The molecule has 0 fully saturated rings. The van der Waals surface area contributed by atoms with E-state index in [-0.39, 0.29) is 5.57 Å². The minimum Gasteiger partial charge on any atom is -0.456 e. The number of aliphatic imine (C=N–C) groups is 1. The first-order valence-corrected chi connectivity index (χ1v) is 11.0. The van der Waals surface area contributed by atoms with E-state index in [1.54, 1.807) is 48.8 Å². The Morgan fingerprint density at radius 2 is 1.35 bits per heavy atom. The fourth-order valence-electron chi connectivity index (χ4n) is 3.03. The summed E-state index contributed by atoms with van der Waals surface area (Å²) in [6.45, 7) is 4.10. The predicted molar refractivity (Wildman–Crippen MR) is 135 cm³/mol. The molecule has 0 N–H and O–H groups in total. The molecule has 0 atom stereocenters. The number of thiophene rings is 1. The van der Waals surface area contributed by atoms with Crippen LogP contribution < -0.4 is 0 Å². The van der Waals surface area contributed by atoms with Crippen LogP contribution in [-0.2, 0) is 0 Å². The number of hydrogen-bond donors (Lipinski definition) is 0. The lowest BCUT2D eigenvalue weighted by atomic mass is 10.1. The summed E-state index contributed by atoms with van der Waals surface area (Å²) in [6, 6.07) is 13.2. The standard InChI is InChI=1S/C27H20N4O2S/c1-18-19(2)27(25-13-11-23(33-25)9-5-7-21(16-30)17-31-3)34-26(18)24-12-10-22(32-24)8-4-6-20(14-28)15-29/h4-13,17H,1-3H3/b8-4+,9-5+,21-7+,31-17?. The number of nitrogens with zero attached hydrogens (tertiary/aromatic N) is 4. The molecule has 0 saturated heterocycles. The van der Waals surface area contributed by atoms with Crippen LogP contribution in [0.1, 0.15) is 22.6 Å². The number of allylic oxidation sites excluding steroid dienone is 6. The van der Waals surface area contributed by atoms with Crippen LogP contribution in [0, 0.1) is 47.8 Å². The van der Waals surface area contributed by atoms with Crippen LogP contribution in [0.4, 0.5) is 0 Å². The van der Waals surface area contributed by atoms with E-state index in [0.717, 1.165) is 32.4 Å². The van der Waals surface area contributed by atoms with Gasteiger partial charge in [0.25, 0.3) is 0 Å². The summed E-state index contributed by atoms with van der Waals surface area (Å²) in [7, 11) is 1.62. The van der Waals surface area contributed by atoms with Gasteiger partial charge in [0, 0.05) is 13.3 Å². The van der Waals surface area contributed by atoms with Crippen molar-refractivity contribution in [3.63, 3.8) is 0 Å². The summed E-state index contributed by atoms with van der Waals surface area (Å²) in [4.78, 5) is 5.86. The van der Waals surface area contributed by atoms with Crippen molar-refractivity contribution in [3.05, 3.63) is 82.4 Å². The van der Waals surface area contributed by atoms with Gasteiger partial charge >= 0.3 is 0 Å². The Kier molecular flexibility index (Phi) is 7.97. The van der Waals surface area contributed by atoms with Crippen LogP contribution in [0.2, 0.25) is 0 Å². The third kappa shape index (κ3) is 5.58. The van der Waals surface area contributed by atoms with Gasteiger partial charge in [0.15, 0.2) is 0 Å². The van der Waals surface area contributed by atoms with Crippen molar-refractivity contribution >= 4 is 29.7 Å². The first-order chi connectivity index (χ1) is 16.5. The van der Waals surface area contributed by atoms with Gasteiger partial charge in [-0.2, -0.15) is 15.8 Å². The van der Waals surface area contributed by atoms with Gasteiger partial charge in [-0.3, -0.25) is 4.99 Å². The summed E-state index contributed by atoms with van der Waals surface area (Å²) < 4.78 is 12.0. The number of rotatable bonds is 7. The molecule has 0 radical (unpaired) electrons. The van der Waals surface area contributed by atoms with Gasteiger partial charge in [-0.1, -0.05) is 12.2 Å². The molecule has 6 nitrogen and oxygen atoms in total. The van der Waals surface area contributed by atoms with E-state index < -0.39 is 0 Å². The van der Waals surface area contributed by atoms with Gasteiger partial charge in [0.05, 0.1) is 15.3 Å². The minimum absolute atomic E-state index is 0.0291. The molecule has 0 amide bonds. The third-order valence-electron chi connectivity index (χ3n) is 4.85. The average Bonchev–Trinajstić information content (AvgIpc) is 3.57. The van der Waals surface area contributed by atoms with E-state index in [1.165, 1.54) is 12.3 Å². The van der Waals surface area contributed by atoms with Crippen LogP contribution >= 0.6 is 11.3 Å². The van der Waals surface area contributed by atoms with Crippen molar-refractivity contribution in [2.75, 3.05) is 7.05 Å². The zero-order valence-corrected chi connectivity index (χ0v) is 19.7. The van der Waals surface area contributed by atoms with Gasteiger partial charge in [-0.15, -0.1) is 11.3 Å². The van der Waals surface area contributed by atoms with Gasteiger partial charge in [0.2, 0.25) is 0 Å². The van der Waals surface area contributed by atoms with E-state index in [4.69, 9.17) is 24.6 Å². The van der Waals surface area contributed by atoms with E-state index in [2.05, 4.69) is 18.0 Å². The Balaban J connectivity index is 1.83. The SMILES string of the molecule is CN=C/C(C#N)=C/C=C/c1ccc(-c2sc(-c3ccc(/C=C/C=C(C#N)C#N)o3)c(C)c2C)o1. The van der Waals surface area contributed by atoms with Gasteiger partial charge < -0.3 is 8.83 Å². The van der Waals surface area contributed by atoms with Crippen molar-refractivity contribution in [3.8, 4) is 39.5 Å². The summed E-state index contributed by atoms with van der Waals surface area (Å²) >= 11 is 1.59. The van der Waals surface area contributed by atoms with Crippen LogP contribution in [0.3, 0.4) is 0 Å². The zero-order chi connectivity index (χ0) is 24.5. The molecule has 0 aliphatic rings. The van der Waals surface area contributed by atoms with Crippen LogP contribution in [0.15, 0.2) is 73.5 Å². The molecule has 0 aliphatic heterocycles. The van der Waals surface area contributed by atoms with E-state index in [1.807, 2.05) is 43.3 Å². The molecule has 34 heavy (non-hydrogen) atoms. The monoisotopic (exact) mass is 464 g/mol. The molecule has 166 valence electrons. The maximum Gasteiger partial charge on any atom is 0.145 e. The number of furan rings is 2. The van der Waals surface area contributed by atoms with E-state index in [9.17, 15) is 0 Å². The molecule has 3 heterocycles. The van der Waals surface area contributed by atoms with Crippen LogP contribution in [0.25, 0.3) is 33.4 Å². The van der Waals surface area contributed by atoms with E-state index >= 15 is 0 Å². The quantitative estimate of drug-likeness (QED) is 0.212. The summed E-state index contributed by atoms with van der Waals surface area (Å²) in [6.07, 6.45) is 11.5. The molecule has 0 bridgehead atoms. The van der Waals surface area contributed by atoms with Crippen molar-refractivity contribution in [1.29, 1.82) is 15.8 Å². The maximum absolute atomic E-state index is 9.04. The molecule has 0 spiro atoms. The fourth-order valence-corrected chi connectivity index (χ4v) is 4.27. The Bertz CT molecular complexity index is 1450. The number of hydrogen-bond acceptors (Lipinski definition) is 7. The molecule has 0 unspecified atom stereocenters. The molecule has 7 heteroatoms. The molecule has 0 aromatic carbocycles. The highest BCUT2D eigenvalue weighted by atomic mass is 32.1. The Morgan fingerprint density at radius 1 is 0.824 bits per heavy atom. The molecule has 3 aromatic rings.